The summed E-state index contributed by atoms with van der Waals surface area (Å²) in [4.78, 5) is 0. The fraction of sp³-hybridized carbons (Fsp3) is 0.333. The van der Waals surface area contributed by atoms with Gasteiger partial charge in [0.1, 0.15) is 6.92 Å². The van der Waals surface area contributed by atoms with Gasteiger partial charge in [-0.25, -0.2) is 0 Å². The Morgan fingerprint density at radius 2 is 2.25 bits per heavy atom. The third kappa shape index (κ3) is 1.62. The molecule has 8 heavy (non-hydrogen) atoms. The van der Waals surface area contributed by atoms with E-state index in [1.807, 2.05) is 0 Å². The van der Waals surface area contributed by atoms with Gasteiger partial charge in [-0.15, -0.1) is 0 Å². The number of hydrogen-bond donors (Lipinski definition) is 0. The molecule has 0 fully saturated rings. The molecule has 0 aliphatic carbocycles. The summed E-state index contributed by atoms with van der Waals surface area (Å²) in [5, 5.41) is 0. The van der Waals surface area contributed by atoms with Crippen molar-refractivity contribution in [3.8, 4) is 0 Å². The number of hydrogen-bond acceptors (Lipinski definition) is 1. The van der Waals surface area contributed by atoms with E-state index < -0.39 is 4.75 Å². The summed E-state index contributed by atoms with van der Waals surface area (Å²) in [5.41, 5.74) is 0.706. The van der Waals surface area contributed by atoms with Crippen LogP contribution in [0.15, 0.2) is 12.2 Å². The Labute approximate surface area is 54.3 Å². The van der Waals surface area contributed by atoms with Gasteiger partial charge in [-0.3, -0.25) is 0 Å². The van der Waals surface area contributed by atoms with E-state index in [1.165, 1.54) is 0 Å². The van der Waals surface area contributed by atoms with Crippen molar-refractivity contribution in [2.75, 3.05) is 0 Å². The van der Waals surface area contributed by atoms with Crippen LogP contribution in [0.25, 0.3) is 0 Å². The highest BCUT2D eigenvalue weighted by Gasteiger charge is 2.42. The minimum Gasteiger partial charge on any atom is -0.0893 e. The van der Waals surface area contributed by atoms with Gasteiger partial charge >= 0.3 is 16.4 Å². The zero-order valence-electron chi connectivity index (χ0n) is 4.94. The van der Waals surface area contributed by atoms with Crippen molar-refractivity contribution in [1.82, 2.24) is 0 Å². The van der Waals surface area contributed by atoms with E-state index in [9.17, 15) is 4.21 Å². The molecule has 0 aromatic carbocycles. The van der Waals surface area contributed by atoms with Crippen LogP contribution < -0.4 is 0 Å². The molecular weight excluding hydrogens is 120 g/mol. The molecule has 1 nitrogen and oxygen atoms in total. The highest BCUT2D eigenvalue weighted by Crippen LogP contribution is 2.13. The molecule has 0 unspecified atom stereocenters. The minimum atomic E-state index is -0.792. The second-order valence-electron chi connectivity index (χ2n) is 1.86. The average molecular weight is 129 g/mol. The van der Waals surface area contributed by atoms with E-state index >= 15 is 0 Å². The topological polar surface area (TPSA) is 17.1 Å². The van der Waals surface area contributed by atoms with E-state index in [4.69, 9.17) is 0 Å². The molecule has 0 saturated carbocycles. The molecule has 0 spiro atoms. The van der Waals surface area contributed by atoms with Crippen molar-refractivity contribution in [2.45, 2.75) is 11.7 Å². The van der Waals surface area contributed by atoms with Crippen LogP contribution in [0.1, 0.15) is 6.92 Å². The minimum absolute atomic E-state index is 0.363. The zero-order chi connectivity index (χ0) is 6.78. The van der Waals surface area contributed by atoms with Gasteiger partial charge in [-0.2, -0.15) is 0 Å². The van der Waals surface area contributed by atoms with Gasteiger partial charge in [0.05, 0.1) is 6.92 Å². The van der Waals surface area contributed by atoms with Crippen LogP contribution in [0, 0.1) is 13.8 Å². The van der Waals surface area contributed by atoms with Crippen molar-refractivity contribution in [3.05, 3.63) is 26.0 Å². The van der Waals surface area contributed by atoms with Gasteiger partial charge in [-0.1, -0.05) is 6.58 Å². The zero-order valence-corrected chi connectivity index (χ0v) is 5.75. The third-order valence-electron chi connectivity index (χ3n) is 0.937. The van der Waals surface area contributed by atoms with Crippen LogP contribution in [-0.4, -0.2) is 4.75 Å². The van der Waals surface area contributed by atoms with Crippen molar-refractivity contribution in [1.29, 1.82) is 0 Å². The summed E-state index contributed by atoms with van der Waals surface area (Å²) in [7, 11) is 0. The van der Waals surface area contributed by atoms with Crippen LogP contribution in [0.2, 0.25) is 0 Å². The Morgan fingerprint density at radius 3 is 2.25 bits per heavy atom. The molecule has 0 aliphatic rings. The first-order valence-corrected chi connectivity index (χ1v) is 2.92. The molecule has 0 aliphatic heterocycles. The summed E-state index contributed by atoms with van der Waals surface area (Å²) in [6.07, 6.45) is 0. The molecule has 2 heteroatoms. The van der Waals surface area contributed by atoms with Crippen molar-refractivity contribution < 1.29 is 4.21 Å². The summed E-state index contributed by atoms with van der Waals surface area (Å²) in [5.74, 6) is 0. The molecule has 43 valence electrons. The third-order valence-corrected chi connectivity index (χ3v) is 1.60. The highest BCUT2D eigenvalue weighted by molar-refractivity contribution is 7.67. The van der Waals surface area contributed by atoms with Gasteiger partial charge in [0.15, 0.2) is 0 Å². The standard InChI is InChI=1S/C6H9OS/c1-5(2)6(3,4)8-7/h1,3-4H2,2H3/q+2. The quantitative estimate of drug-likeness (QED) is 0.313. The van der Waals surface area contributed by atoms with E-state index in [-0.39, 0.29) is 0 Å². The van der Waals surface area contributed by atoms with Gasteiger partial charge < -0.3 is 0 Å². The lowest BCUT2D eigenvalue weighted by Gasteiger charge is -1.92. The normalized spacial score (nSPS) is 16.8. The Balaban J connectivity index is 4.12. The first-order valence-electron chi connectivity index (χ1n) is 2.18. The SMILES string of the molecule is [CH2]C([CH2+])([S+]=O)C(=C)C. The lowest BCUT2D eigenvalue weighted by atomic mass is 10.1. The van der Waals surface area contributed by atoms with Crippen molar-refractivity contribution >= 4 is 11.7 Å². The fourth-order valence-corrected chi connectivity index (χ4v) is 0.213. The van der Waals surface area contributed by atoms with Gasteiger partial charge in [0.25, 0.3) is 0 Å². The van der Waals surface area contributed by atoms with Gasteiger partial charge in [0.2, 0.25) is 0 Å². The van der Waals surface area contributed by atoms with E-state index in [1.54, 1.807) is 6.92 Å². The summed E-state index contributed by atoms with van der Waals surface area (Å²) in [6, 6.07) is 0. The lowest BCUT2D eigenvalue weighted by Crippen LogP contribution is -2.19. The largest absolute Gasteiger partial charge is 0.522 e. The maximum atomic E-state index is 10.1. The van der Waals surface area contributed by atoms with Crippen LogP contribution in [0.3, 0.4) is 0 Å². The van der Waals surface area contributed by atoms with Gasteiger partial charge in [0, 0.05) is 9.78 Å². The fourth-order valence-electron chi connectivity index (χ4n) is 0.0711. The Bertz CT molecular complexity index is 116. The number of rotatable bonds is 2. The molecule has 0 rings (SSSR count). The Hall–Kier alpha value is -0.370. The smallest absolute Gasteiger partial charge is 0.0893 e. The molecule has 0 bridgehead atoms. The second kappa shape index (κ2) is 2.27. The van der Waals surface area contributed by atoms with Crippen LogP contribution in [-0.2, 0) is 15.9 Å². The molecule has 0 N–H and O–H groups in total. The van der Waals surface area contributed by atoms with E-state index in [0.717, 1.165) is 0 Å². The summed E-state index contributed by atoms with van der Waals surface area (Å²) >= 11 is 0.363. The Kier molecular flexibility index (Phi) is 2.16. The average Bonchev–Trinajstić information content (AvgIpc) is 1.67. The van der Waals surface area contributed by atoms with Crippen LogP contribution in [0.5, 0.6) is 0 Å². The molecule has 0 aromatic heterocycles. The Morgan fingerprint density at radius 1 is 1.88 bits per heavy atom. The second-order valence-corrected chi connectivity index (χ2v) is 2.81. The molecule has 0 saturated heterocycles. The van der Waals surface area contributed by atoms with E-state index in [0.29, 0.717) is 17.2 Å². The monoisotopic (exact) mass is 129 g/mol. The summed E-state index contributed by atoms with van der Waals surface area (Å²) < 4.78 is 9.33. The lowest BCUT2D eigenvalue weighted by molar-refractivity contribution is 0.599. The molecular formula is C6H9OS+2. The molecule has 0 amide bonds. The van der Waals surface area contributed by atoms with Crippen molar-refractivity contribution in [3.63, 3.8) is 0 Å². The van der Waals surface area contributed by atoms with Crippen LogP contribution in [0.4, 0.5) is 0 Å². The first-order chi connectivity index (χ1) is 3.50. The molecule has 0 atom stereocenters. The molecule has 0 aromatic rings. The molecule has 1 radical (unpaired) electrons. The predicted molar refractivity (Wildman–Crippen MR) is 36.3 cm³/mol. The highest BCUT2D eigenvalue weighted by atomic mass is 32.1. The maximum absolute atomic E-state index is 10.1. The first kappa shape index (κ1) is 7.63. The predicted octanol–water partition coefficient (Wildman–Crippen LogP) is 1.40. The summed E-state index contributed by atoms with van der Waals surface area (Å²) in [6.45, 7) is 12.3. The van der Waals surface area contributed by atoms with Crippen molar-refractivity contribution in [2.24, 2.45) is 0 Å². The van der Waals surface area contributed by atoms with E-state index in [2.05, 4.69) is 20.4 Å². The maximum Gasteiger partial charge on any atom is 0.522 e. The molecule has 0 heterocycles. The van der Waals surface area contributed by atoms with Crippen LogP contribution >= 0.6 is 0 Å². The van der Waals surface area contributed by atoms with Gasteiger partial charge in [-0.05, 0) is 6.92 Å².